The van der Waals surface area contributed by atoms with Crippen LogP contribution in [0.25, 0.3) is 0 Å². The highest BCUT2D eigenvalue weighted by atomic mass is 19.1. The molecule has 3 N–H and O–H groups in total. The monoisotopic (exact) mass is 927 g/mol. The average molecular weight is 927 g/mol. The van der Waals surface area contributed by atoms with E-state index in [1.54, 1.807) is 0 Å². The third kappa shape index (κ3) is 17.9. The van der Waals surface area contributed by atoms with Crippen LogP contribution in [0.3, 0.4) is 0 Å². The number of hydrogen-bond acceptors (Lipinski definition) is 10. The van der Waals surface area contributed by atoms with Gasteiger partial charge in [0.2, 0.25) is 29.5 Å². The molecule has 0 saturated carbocycles. The number of carbonyl (C=O) groups excluding carboxylic acids is 7. The van der Waals surface area contributed by atoms with Gasteiger partial charge in [0.05, 0.1) is 12.3 Å². The fourth-order valence-electron chi connectivity index (χ4n) is 8.17. The van der Waals surface area contributed by atoms with Crippen LogP contribution < -0.4 is 16.0 Å². The molecule has 1 aliphatic heterocycles. The van der Waals surface area contributed by atoms with E-state index >= 15 is 0 Å². The Morgan fingerprint density at radius 2 is 1.17 bits per heavy atom. The third-order valence-electron chi connectivity index (χ3n) is 12.4. The number of pyridine rings is 1. The van der Waals surface area contributed by atoms with Crippen LogP contribution in [0.1, 0.15) is 145 Å². The second kappa shape index (κ2) is 28.1. The molecule has 2 heterocycles. The number of esters is 1. The van der Waals surface area contributed by atoms with Crippen LogP contribution in [0, 0.1) is 40.8 Å². The zero-order chi connectivity index (χ0) is 49.8. The molecule has 0 bridgehead atoms. The molecule has 1 aromatic heterocycles. The Hall–Kier alpha value is -5.14. The van der Waals surface area contributed by atoms with Gasteiger partial charge in [-0.25, -0.2) is 9.18 Å². The number of rotatable bonds is 18. The van der Waals surface area contributed by atoms with Crippen molar-refractivity contribution in [3.8, 4) is 6.07 Å². The molecule has 1 aliphatic rings. The van der Waals surface area contributed by atoms with E-state index in [0.29, 0.717) is 0 Å². The van der Waals surface area contributed by atoms with Gasteiger partial charge >= 0.3 is 5.97 Å². The van der Waals surface area contributed by atoms with Crippen molar-refractivity contribution in [3.05, 3.63) is 29.8 Å². The van der Waals surface area contributed by atoms with Crippen LogP contribution in [-0.4, -0.2) is 125 Å². The number of nitriles is 1. The molecule has 0 unspecified atom stereocenters. The lowest BCUT2D eigenvalue weighted by molar-refractivity contribution is -0.163. The first-order valence-corrected chi connectivity index (χ1v) is 23.9. The third-order valence-corrected chi connectivity index (χ3v) is 12.4. The quantitative estimate of drug-likeness (QED) is 0.158. The van der Waals surface area contributed by atoms with Gasteiger partial charge < -0.3 is 35.4 Å². The van der Waals surface area contributed by atoms with Gasteiger partial charge in [0.1, 0.15) is 42.1 Å². The summed E-state index contributed by atoms with van der Waals surface area (Å²) in [6, 6.07) is -2.65. The van der Waals surface area contributed by atoms with Crippen LogP contribution in [-0.2, 0) is 44.7 Å². The Balaban J connectivity index is 2.92. The smallest absolute Gasteiger partial charge is 0.329 e. The van der Waals surface area contributed by atoms with E-state index in [1.807, 2.05) is 61.5 Å². The lowest BCUT2D eigenvalue weighted by Gasteiger charge is -2.35. The largest absolute Gasteiger partial charge is 0.451 e. The molecule has 66 heavy (non-hydrogen) atoms. The molecule has 16 nitrogen and oxygen atoms in total. The summed E-state index contributed by atoms with van der Waals surface area (Å²) in [5.74, 6) is -5.87. The minimum absolute atomic E-state index is 0.0464. The average Bonchev–Trinajstić information content (AvgIpc) is 3.27. The van der Waals surface area contributed by atoms with Crippen LogP contribution in [0.5, 0.6) is 0 Å². The second-order valence-corrected chi connectivity index (χ2v) is 19.3. The summed E-state index contributed by atoms with van der Waals surface area (Å²) in [4.78, 5) is 109. The highest BCUT2D eigenvalue weighted by Crippen LogP contribution is 2.22. The number of aromatic nitrogens is 1. The number of likely N-dealkylation sites (N-methyl/N-ethyl adjacent to an activating group) is 3. The maximum absolute atomic E-state index is 14.8. The lowest BCUT2D eigenvalue weighted by atomic mass is 9.94. The van der Waals surface area contributed by atoms with Gasteiger partial charge in [-0.05, 0) is 68.4 Å². The molecule has 2 rings (SSSR count). The summed E-state index contributed by atoms with van der Waals surface area (Å²) >= 11 is 0. The molecule has 0 spiro atoms. The summed E-state index contributed by atoms with van der Waals surface area (Å²) in [5.41, 5.74) is 0.281. The number of ether oxygens (including phenoxy) is 1. The van der Waals surface area contributed by atoms with Crippen LogP contribution in [0.2, 0.25) is 0 Å². The van der Waals surface area contributed by atoms with Gasteiger partial charge in [-0.2, -0.15) is 5.26 Å². The van der Waals surface area contributed by atoms with E-state index in [2.05, 4.69) is 20.9 Å². The highest BCUT2D eigenvalue weighted by molar-refractivity contribution is 5.97. The van der Waals surface area contributed by atoms with Crippen LogP contribution >= 0.6 is 0 Å². The Kier molecular flexibility index (Phi) is 24.3. The summed E-state index contributed by atoms with van der Waals surface area (Å²) in [7, 11) is 4.28. The Morgan fingerprint density at radius 1 is 0.697 bits per heavy atom. The molecule has 370 valence electrons. The van der Waals surface area contributed by atoms with Gasteiger partial charge in [-0.15, -0.1) is 0 Å². The van der Waals surface area contributed by atoms with Crippen molar-refractivity contribution in [2.24, 2.45) is 23.7 Å². The SMILES string of the molecule is CCCC[C@@H](C)C[C@@H]1NC(=O)[C@H](Cc2ccc(F)cn2)N(C)C(=O)[C@H](CC(C)C)NC(=O)[C@H](CC(C)C)N(C)C(=O)[C@H](C[C@H](C)CCCC)NC(=O)[C@@H](CCC#N)OC(=O)[C@H](C)N(C)C1=O. The molecular formula is C49H79FN8O8. The molecule has 9 atom stereocenters. The van der Waals surface area contributed by atoms with E-state index in [4.69, 9.17) is 4.74 Å². The Labute approximate surface area is 392 Å². The molecule has 17 heteroatoms. The van der Waals surface area contributed by atoms with Crippen molar-refractivity contribution >= 4 is 41.4 Å². The van der Waals surface area contributed by atoms with E-state index in [9.17, 15) is 43.2 Å². The van der Waals surface area contributed by atoms with Crippen molar-refractivity contribution in [1.82, 2.24) is 35.6 Å². The molecule has 0 aromatic carbocycles. The summed E-state index contributed by atoms with van der Waals surface area (Å²) < 4.78 is 19.8. The highest BCUT2D eigenvalue weighted by Gasteiger charge is 2.40. The topological polar surface area (TPSA) is 211 Å². The minimum atomic E-state index is -1.51. The Morgan fingerprint density at radius 3 is 1.64 bits per heavy atom. The van der Waals surface area contributed by atoms with Gasteiger partial charge in [-0.3, -0.25) is 33.8 Å². The Bertz CT molecular complexity index is 1810. The maximum Gasteiger partial charge on any atom is 0.329 e. The molecule has 1 saturated heterocycles. The predicted octanol–water partition coefficient (Wildman–Crippen LogP) is 5.47. The number of cyclic esters (lactones) is 1. The van der Waals surface area contributed by atoms with Gasteiger partial charge in [0.15, 0.2) is 6.10 Å². The first kappa shape index (κ1) is 57.0. The fourth-order valence-corrected chi connectivity index (χ4v) is 8.17. The molecule has 0 aliphatic carbocycles. The van der Waals surface area contributed by atoms with Crippen molar-refractivity contribution < 1.29 is 42.7 Å². The van der Waals surface area contributed by atoms with Gasteiger partial charge in [0, 0.05) is 46.1 Å². The van der Waals surface area contributed by atoms with E-state index in [1.165, 1.54) is 50.0 Å². The number of carbonyl (C=O) groups is 7. The zero-order valence-corrected chi connectivity index (χ0v) is 41.7. The molecule has 6 amide bonds. The lowest BCUT2D eigenvalue weighted by Crippen LogP contribution is -2.60. The summed E-state index contributed by atoms with van der Waals surface area (Å²) in [6.45, 7) is 17.0. The molecule has 1 fully saturated rings. The minimum Gasteiger partial charge on any atom is -0.451 e. The standard InChI is InChI=1S/C49H79FN8O8/c1-13-15-18-32(7)26-38-46(62)56(10)34(9)49(65)66-42(20-17-23-51)45(61)55-39(27-33(8)19-16-14-2)48(64)57(11)40(25-31(5)6)43(59)53-37(24-30(3)4)47(63)58(12)41(44(60)54-38)28-36-22-21-35(50)29-52-36/h21-22,29-34,37-42H,13-20,24-28H2,1-12H3,(H,53,59)(H,54,60)(H,55,61)/t32-,33-,34+,37+,38+,39+,40+,41+,42-/m1/s1. The van der Waals surface area contributed by atoms with Gasteiger partial charge in [0.25, 0.3) is 5.91 Å². The van der Waals surface area contributed by atoms with E-state index in [-0.39, 0.29) is 74.3 Å². The summed E-state index contributed by atoms with van der Waals surface area (Å²) in [6.07, 6.45) is 4.68. The number of halogens is 1. The zero-order valence-electron chi connectivity index (χ0n) is 41.7. The van der Waals surface area contributed by atoms with Gasteiger partial charge in [-0.1, -0.05) is 93.9 Å². The van der Waals surface area contributed by atoms with E-state index < -0.39 is 89.6 Å². The maximum atomic E-state index is 14.8. The van der Waals surface area contributed by atoms with Crippen molar-refractivity contribution in [2.45, 2.75) is 188 Å². The first-order valence-electron chi connectivity index (χ1n) is 23.9. The fraction of sp³-hybridized carbons (Fsp3) is 0.735. The second-order valence-electron chi connectivity index (χ2n) is 19.3. The van der Waals surface area contributed by atoms with Crippen molar-refractivity contribution in [3.63, 3.8) is 0 Å². The molecular weight excluding hydrogens is 848 g/mol. The van der Waals surface area contributed by atoms with Crippen LogP contribution in [0.4, 0.5) is 4.39 Å². The van der Waals surface area contributed by atoms with E-state index in [0.717, 1.165) is 49.6 Å². The number of nitrogens with one attached hydrogen (secondary N) is 3. The van der Waals surface area contributed by atoms with Crippen molar-refractivity contribution in [1.29, 1.82) is 5.26 Å². The summed E-state index contributed by atoms with van der Waals surface area (Å²) in [5, 5.41) is 18.1. The molecule has 0 radical (unpaired) electrons. The number of amides is 6. The number of hydrogen-bond donors (Lipinski definition) is 3. The number of unbranched alkanes of at least 4 members (excludes halogenated alkanes) is 2. The predicted molar refractivity (Wildman–Crippen MR) is 249 cm³/mol. The van der Waals surface area contributed by atoms with Crippen LogP contribution in [0.15, 0.2) is 18.3 Å². The normalized spacial score (nSPS) is 24.6. The van der Waals surface area contributed by atoms with Crippen molar-refractivity contribution in [2.75, 3.05) is 21.1 Å². The molecule has 1 aromatic rings. The number of nitrogens with zero attached hydrogens (tertiary/aromatic N) is 5. The first-order chi connectivity index (χ1) is 31.1.